The van der Waals surface area contributed by atoms with E-state index < -0.39 is 0 Å². The van der Waals surface area contributed by atoms with Gasteiger partial charge < -0.3 is 9.64 Å². The molecule has 0 heterocycles. The minimum Gasteiger partial charge on any atom is -0.461 e. The number of carbonyl (C=O) groups excluding carboxylic acids is 1. The summed E-state index contributed by atoms with van der Waals surface area (Å²) in [5, 5.41) is 8.79. The topological polar surface area (TPSA) is 53.3 Å². The number of esters is 1. The second-order valence-electron chi connectivity index (χ2n) is 4.16. The summed E-state index contributed by atoms with van der Waals surface area (Å²) in [6, 6.07) is 9.18. The van der Waals surface area contributed by atoms with Gasteiger partial charge in [-0.2, -0.15) is 5.26 Å². The quantitative estimate of drug-likeness (QED) is 0.590. The summed E-state index contributed by atoms with van der Waals surface area (Å²) in [5.74, 6) is -0.319. The maximum atomic E-state index is 12.0. The molecular formula is C16H20N2O2. The number of nitrogens with zero attached hydrogens (tertiary/aromatic N) is 2. The van der Waals surface area contributed by atoms with Gasteiger partial charge in [0.15, 0.2) is 0 Å². The van der Waals surface area contributed by atoms with Gasteiger partial charge in [-0.05, 0) is 44.5 Å². The van der Waals surface area contributed by atoms with Gasteiger partial charge >= 0.3 is 5.97 Å². The van der Waals surface area contributed by atoms with Crippen LogP contribution in [0.5, 0.6) is 0 Å². The molecule has 0 N–H and O–H groups in total. The lowest BCUT2D eigenvalue weighted by atomic mass is 10.1. The molecule has 20 heavy (non-hydrogen) atoms. The minimum atomic E-state index is -0.319. The Kier molecular flexibility index (Phi) is 6.31. The Morgan fingerprint density at radius 2 is 1.85 bits per heavy atom. The maximum absolute atomic E-state index is 12.0. The predicted molar refractivity (Wildman–Crippen MR) is 78.7 cm³/mol. The highest BCUT2D eigenvalue weighted by atomic mass is 16.5. The normalized spacial score (nSPS) is 10.8. The van der Waals surface area contributed by atoms with Crippen molar-refractivity contribution in [3.63, 3.8) is 0 Å². The summed E-state index contributed by atoms with van der Waals surface area (Å²) in [6.45, 7) is 7.60. The average molecular weight is 272 g/mol. The van der Waals surface area contributed by atoms with E-state index in [1.54, 1.807) is 25.1 Å². The molecule has 0 saturated carbocycles. The first-order chi connectivity index (χ1) is 9.65. The largest absolute Gasteiger partial charge is 0.461 e. The number of hydrogen-bond donors (Lipinski definition) is 0. The third-order valence-electron chi connectivity index (χ3n) is 2.93. The average Bonchev–Trinajstić information content (AvgIpc) is 2.48. The molecule has 0 unspecified atom stereocenters. The van der Waals surface area contributed by atoms with Crippen molar-refractivity contribution in [2.24, 2.45) is 0 Å². The highest BCUT2D eigenvalue weighted by molar-refractivity contribution is 5.93. The number of rotatable bonds is 6. The van der Waals surface area contributed by atoms with E-state index in [0.29, 0.717) is 17.9 Å². The van der Waals surface area contributed by atoms with Crippen LogP contribution in [0.1, 0.15) is 31.9 Å². The Morgan fingerprint density at radius 1 is 1.25 bits per heavy atom. The van der Waals surface area contributed by atoms with Gasteiger partial charge in [-0.25, -0.2) is 4.79 Å². The zero-order valence-electron chi connectivity index (χ0n) is 12.2. The fourth-order valence-electron chi connectivity index (χ4n) is 1.86. The van der Waals surface area contributed by atoms with Crippen LogP contribution < -0.4 is 0 Å². The van der Waals surface area contributed by atoms with Gasteiger partial charge in [0.05, 0.1) is 18.2 Å². The first-order valence-corrected chi connectivity index (χ1v) is 6.80. The lowest BCUT2D eigenvalue weighted by Gasteiger charge is -2.22. The number of hydrogen-bond acceptors (Lipinski definition) is 4. The first kappa shape index (κ1) is 15.8. The SMILES string of the molecule is CCOC(=O)/C(=C/c1ccc(C#N)cc1)N(CC)CC. The number of benzene rings is 1. The van der Waals surface area contributed by atoms with Gasteiger partial charge in [0.1, 0.15) is 5.70 Å². The first-order valence-electron chi connectivity index (χ1n) is 6.80. The Labute approximate surface area is 120 Å². The van der Waals surface area contributed by atoms with E-state index in [-0.39, 0.29) is 5.97 Å². The number of nitriles is 1. The standard InChI is InChI=1S/C16H20N2O2/c1-4-18(5-2)15(16(19)20-6-3)11-13-7-9-14(12-17)10-8-13/h7-11H,4-6H2,1-3H3/b15-11-. The second-order valence-corrected chi connectivity index (χ2v) is 4.16. The van der Waals surface area contributed by atoms with Gasteiger partial charge in [0.25, 0.3) is 0 Å². The van der Waals surface area contributed by atoms with E-state index in [4.69, 9.17) is 10.00 Å². The third-order valence-corrected chi connectivity index (χ3v) is 2.93. The van der Waals surface area contributed by atoms with Crippen molar-refractivity contribution in [1.82, 2.24) is 4.90 Å². The monoisotopic (exact) mass is 272 g/mol. The van der Waals surface area contributed by atoms with Gasteiger partial charge in [0, 0.05) is 13.1 Å². The summed E-state index contributed by atoms with van der Waals surface area (Å²) in [4.78, 5) is 14.0. The lowest BCUT2D eigenvalue weighted by Crippen LogP contribution is -2.28. The summed E-state index contributed by atoms with van der Waals surface area (Å²) in [5.41, 5.74) is 2.02. The van der Waals surface area contributed by atoms with E-state index in [2.05, 4.69) is 6.07 Å². The summed E-state index contributed by atoms with van der Waals surface area (Å²) < 4.78 is 5.10. The molecule has 4 heteroatoms. The van der Waals surface area contributed by atoms with Crippen molar-refractivity contribution in [2.75, 3.05) is 19.7 Å². The Morgan fingerprint density at radius 3 is 2.30 bits per heavy atom. The predicted octanol–water partition coefficient (Wildman–Crippen LogP) is 2.80. The van der Waals surface area contributed by atoms with Crippen LogP contribution in [0.25, 0.3) is 6.08 Å². The van der Waals surface area contributed by atoms with Crippen molar-refractivity contribution < 1.29 is 9.53 Å². The molecule has 1 rings (SSSR count). The molecule has 0 amide bonds. The summed E-state index contributed by atoms with van der Waals surface area (Å²) >= 11 is 0. The third kappa shape index (κ3) is 4.13. The van der Waals surface area contributed by atoms with Crippen LogP contribution in [0.3, 0.4) is 0 Å². The maximum Gasteiger partial charge on any atom is 0.354 e. The lowest BCUT2D eigenvalue weighted by molar-refractivity contribution is -0.140. The molecule has 0 aromatic heterocycles. The summed E-state index contributed by atoms with van der Waals surface area (Å²) in [6.07, 6.45) is 1.80. The van der Waals surface area contributed by atoms with Crippen LogP contribution in [0, 0.1) is 11.3 Å². The molecule has 1 aromatic carbocycles. The Hall–Kier alpha value is -2.28. The Balaban J connectivity index is 3.10. The van der Waals surface area contributed by atoms with Crippen LogP contribution >= 0.6 is 0 Å². The molecule has 0 aliphatic heterocycles. The molecule has 0 saturated heterocycles. The molecule has 0 radical (unpaired) electrons. The van der Waals surface area contributed by atoms with Crippen LogP contribution in [-0.4, -0.2) is 30.6 Å². The highest BCUT2D eigenvalue weighted by Gasteiger charge is 2.16. The second kappa shape index (κ2) is 8.00. The molecule has 0 aliphatic rings. The van der Waals surface area contributed by atoms with Crippen molar-refractivity contribution in [2.45, 2.75) is 20.8 Å². The fraction of sp³-hybridized carbons (Fsp3) is 0.375. The van der Waals surface area contributed by atoms with E-state index >= 15 is 0 Å². The van der Waals surface area contributed by atoms with Crippen LogP contribution in [0.15, 0.2) is 30.0 Å². The van der Waals surface area contributed by atoms with Crippen LogP contribution in [0.2, 0.25) is 0 Å². The number of carbonyl (C=O) groups is 1. The summed E-state index contributed by atoms with van der Waals surface area (Å²) in [7, 11) is 0. The van der Waals surface area contributed by atoms with Gasteiger partial charge in [-0.15, -0.1) is 0 Å². The van der Waals surface area contributed by atoms with Crippen LogP contribution in [0.4, 0.5) is 0 Å². The van der Waals surface area contributed by atoms with Crippen molar-refractivity contribution in [1.29, 1.82) is 5.26 Å². The zero-order valence-corrected chi connectivity index (χ0v) is 12.2. The molecule has 0 spiro atoms. The van der Waals surface area contributed by atoms with E-state index in [1.165, 1.54) is 0 Å². The molecule has 0 atom stereocenters. The molecule has 0 bridgehead atoms. The molecular weight excluding hydrogens is 252 g/mol. The molecule has 4 nitrogen and oxygen atoms in total. The number of ether oxygens (including phenoxy) is 1. The highest BCUT2D eigenvalue weighted by Crippen LogP contribution is 2.13. The van der Waals surface area contributed by atoms with Crippen LogP contribution in [-0.2, 0) is 9.53 Å². The van der Waals surface area contributed by atoms with E-state index in [0.717, 1.165) is 18.7 Å². The van der Waals surface area contributed by atoms with E-state index in [1.807, 2.05) is 30.9 Å². The van der Waals surface area contributed by atoms with E-state index in [9.17, 15) is 4.79 Å². The Bertz CT molecular complexity index is 508. The van der Waals surface area contributed by atoms with Crippen molar-refractivity contribution in [3.05, 3.63) is 41.1 Å². The molecule has 106 valence electrons. The smallest absolute Gasteiger partial charge is 0.354 e. The zero-order chi connectivity index (χ0) is 15.0. The van der Waals surface area contributed by atoms with Gasteiger partial charge in [-0.3, -0.25) is 0 Å². The van der Waals surface area contributed by atoms with Gasteiger partial charge in [-0.1, -0.05) is 12.1 Å². The minimum absolute atomic E-state index is 0.319. The van der Waals surface area contributed by atoms with Crippen molar-refractivity contribution >= 4 is 12.0 Å². The molecule has 1 aromatic rings. The number of likely N-dealkylation sites (N-methyl/N-ethyl adjacent to an activating group) is 1. The molecule has 0 aliphatic carbocycles. The van der Waals surface area contributed by atoms with Crippen molar-refractivity contribution in [3.8, 4) is 6.07 Å². The fourth-order valence-corrected chi connectivity index (χ4v) is 1.86. The van der Waals surface area contributed by atoms with Gasteiger partial charge in [0.2, 0.25) is 0 Å². The molecule has 0 fully saturated rings.